The van der Waals surface area contributed by atoms with Crippen LogP contribution in [0.3, 0.4) is 0 Å². The highest BCUT2D eigenvalue weighted by molar-refractivity contribution is 7.99. The number of anilines is 7. The summed E-state index contributed by atoms with van der Waals surface area (Å²) in [5.41, 5.74) is 10.1. The summed E-state index contributed by atoms with van der Waals surface area (Å²) < 4.78 is 87.5. The number of rotatable bonds is 7. The normalized spacial score (nSPS) is 15.1. The lowest BCUT2D eigenvalue weighted by Gasteiger charge is -2.28. The molecule has 9 aromatic rings. The van der Waals surface area contributed by atoms with Crippen molar-refractivity contribution < 1.29 is 13.7 Å². The summed E-state index contributed by atoms with van der Waals surface area (Å²) in [6, 6.07) is 37.1. The maximum atomic E-state index is 9.07. The Morgan fingerprint density at radius 2 is 1.16 bits per heavy atom. The predicted octanol–water partition coefficient (Wildman–Crippen LogP) is 15.6. The first kappa shape index (κ1) is 29.0. The van der Waals surface area contributed by atoms with Gasteiger partial charge in [0.1, 0.15) is 12.5 Å². The van der Waals surface area contributed by atoms with Gasteiger partial charge in [0.25, 0.3) is 0 Å². The van der Waals surface area contributed by atoms with E-state index in [1.165, 1.54) is 0 Å². The van der Waals surface area contributed by atoms with Crippen LogP contribution in [0.1, 0.15) is 40.0 Å². The van der Waals surface area contributed by atoms with Crippen molar-refractivity contribution in [3.05, 3.63) is 212 Å². The Bertz CT molecular complexity index is 3600. The van der Waals surface area contributed by atoms with Crippen molar-refractivity contribution in [1.29, 1.82) is 0 Å². The van der Waals surface area contributed by atoms with E-state index in [0.717, 1.165) is 66.2 Å². The van der Waals surface area contributed by atoms with Crippen LogP contribution in [-0.2, 0) is 5.41 Å². The summed E-state index contributed by atoms with van der Waals surface area (Å²) in [7, 11) is 0. The minimum atomic E-state index is -0.545. The molecule has 5 nitrogen and oxygen atoms in total. The SMILES string of the molecule is [2H]c1c([2H])c([2H])c(-c2cccc(-c3c([2H])c([2H])c([2H])c([2H])c3[2H])c2N2CN(c3cccc(Sc4ccc5c(c4)N(c4cc(C(C)(C)C)ccn4)c4ccccc4-c4cnccc4-5)c3)c3ccccc32)c([2H])c1[2H]. The van der Waals surface area contributed by atoms with Gasteiger partial charge in [0, 0.05) is 61.9 Å². The zero-order chi connectivity index (χ0) is 51.2. The topological polar surface area (TPSA) is 35.5 Å². The van der Waals surface area contributed by atoms with Crippen LogP contribution in [0.4, 0.5) is 39.9 Å². The molecule has 304 valence electrons. The highest BCUT2D eigenvalue weighted by Crippen LogP contribution is 2.53. The van der Waals surface area contributed by atoms with Gasteiger partial charge in [0.2, 0.25) is 0 Å². The average Bonchev–Trinajstić information content (AvgIpc) is 3.73. The molecule has 4 heterocycles. The van der Waals surface area contributed by atoms with Crippen molar-refractivity contribution in [2.75, 3.05) is 21.4 Å². The number of hydrogen-bond donors (Lipinski definition) is 0. The highest BCUT2D eigenvalue weighted by Gasteiger charge is 2.32. The quantitative estimate of drug-likeness (QED) is 0.159. The van der Waals surface area contributed by atoms with Gasteiger partial charge in [-0.3, -0.25) is 9.88 Å². The van der Waals surface area contributed by atoms with Crippen LogP contribution in [0.2, 0.25) is 0 Å². The van der Waals surface area contributed by atoms with E-state index in [-0.39, 0.29) is 34.3 Å². The average molecular weight is 842 g/mol. The van der Waals surface area contributed by atoms with Gasteiger partial charge in [-0.15, -0.1) is 0 Å². The summed E-state index contributed by atoms with van der Waals surface area (Å²) >= 11 is 1.61. The lowest BCUT2D eigenvalue weighted by Crippen LogP contribution is -2.25. The number of fused-ring (bicyclic) bond motifs is 6. The highest BCUT2D eigenvalue weighted by atomic mass is 32.2. The molecule has 11 rings (SSSR count). The number of benzene rings is 7. The first-order valence-corrected chi connectivity index (χ1v) is 21.5. The fourth-order valence-corrected chi connectivity index (χ4v) is 9.50. The zero-order valence-electron chi connectivity index (χ0n) is 44.7. The van der Waals surface area contributed by atoms with Crippen molar-refractivity contribution in [2.45, 2.75) is 36.0 Å². The van der Waals surface area contributed by atoms with E-state index in [0.29, 0.717) is 11.4 Å². The van der Waals surface area contributed by atoms with Crippen LogP contribution in [-0.4, -0.2) is 16.6 Å². The maximum absolute atomic E-state index is 9.07. The Hall–Kier alpha value is -7.41. The van der Waals surface area contributed by atoms with Crippen LogP contribution in [0.25, 0.3) is 44.5 Å². The summed E-state index contributed by atoms with van der Waals surface area (Å²) in [6.07, 6.45) is 5.64. The van der Waals surface area contributed by atoms with Crippen molar-refractivity contribution in [3.63, 3.8) is 0 Å². The van der Waals surface area contributed by atoms with E-state index in [1.54, 1.807) is 30.0 Å². The maximum Gasteiger partial charge on any atom is 0.137 e. The fourth-order valence-electron chi connectivity index (χ4n) is 8.60. The van der Waals surface area contributed by atoms with Crippen LogP contribution in [0.5, 0.6) is 0 Å². The molecule has 0 aliphatic carbocycles. The lowest BCUT2D eigenvalue weighted by atomic mass is 9.87. The Morgan fingerprint density at radius 1 is 0.524 bits per heavy atom. The van der Waals surface area contributed by atoms with E-state index < -0.39 is 60.4 Å². The molecule has 0 N–H and O–H groups in total. The number of para-hydroxylation sites is 4. The monoisotopic (exact) mass is 841 g/mol. The third kappa shape index (κ3) is 7.03. The van der Waals surface area contributed by atoms with Gasteiger partial charge in [-0.05, 0) is 94.4 Å². The molecule has 0 fully saturated rings. The lowest BCUT2D eigenvalue weighted by molar-refractivity contribution is 0.589. The molecule has 0 spiro atoms. The molecule has 2 aliphatic heterocycles. The minimum Gasteiger partial charge on any atom is -0.321 e. The molecule has 7 aromatic carbocycles. The zero-order valence-corrected chi connectivity index (χ0v) is 35.5. The molecule has 2 aromatic heterocycles. The van der Waals surface area contributed by atoms with Crippen molar-refractivity contribution in [2.24, 2.45) is 0 Å². The Kier molecular flexibility index (Phi) is 7.27. The van der Waals surface area contributed by atoms with E-state index in [1.807, 2.05) is 72.0 Å². The summed E-state index contributed by atoms with van der Waals surface area (Å²) in [5.74, 6) is 0.797. The Morgan fingerprint density at radius 3 is 1.89 bits per heavy atom. The number of nitrogens with zero attached hydrogens (tertiary/aromatic N) is 5. The Labute approximate surface area is 388 Å². The predicted molar refractivity (Wildman–Crippen MR) is 263 cm³/mol. The van der Waals surface area contributed by atoms with Gasteiger partial charge in [-0.2, -0.15) is 0 Å². The molecular weight excluding hydrogens is 787 g/mol. The standard InChI is InChI=1S/C57H45N5S/c1-57(2,3)41-30-33-59-55(34-41)62-51-25-11-10-22-48(51)50-37-58-32-31-47(50)49-29-28-44(36-54(49)62)63-43-21-14-20-42(35-43)60-38-61(53-27-13-12-26-52(53)60)56-45(39-16-6-4-7-17-39)23-15-24-46(56)40-18-8-5-9-19-40/h4-37H,38H2,1-3H3/i4D,5D,6D,7D,8D,9D,16D,17D,18D,19D. The molecule has 0 saturated heterocycles. The van der Waals surface area contributed by atoms with Gasteiger partial charge in [-0.25, -0.2) is 4.98 Å². The van der Waals surface area contributed by atoms with Gasteiger partial charge >= 0.3 is 0 Å². The second kappa shape index (κ2) is 15.8. The van der Waals surface area contributed by atoms with Gasteiger partial charge < -0.3 is 9.80 Å². The van der Waals surface area contributed by atoms with E-state index >= 15 is 0 Å². The molecule has 6 heteroatoms. The van der Waals surface area contributed by atoms with Gasteiger partial charge in [0.15, 0.2) is 0 Å². The van der Waals surface area contributed by atoms with Crippen molar-refractivity contribution in [3.8, 4) is 44.5 Å². The van der Waals surface area contributed by atoms with E-state index in [2.05, 4.69) is 96.2 Å². The summed E-state index contributed by atoms with van der Waals surface area (Å²) in [6.45, 7) is 6.75. The second-order valence-electron chi connectivity index (χ2n) is 16.4. The molecule has 0 unspecified atom stereocenters. The summed E-state index contributed by atoms with van der Waals surface area (Å²) in [5, 5.41) is 0. The molecule has 0 saturated carbocycles. The molecule has 0 atom stereocenters. The first-order chi connectivity index (χ1) is 35.0. The van der Waals surface area contributed by atoms with Gasteiger partial charge in [0.05, 0.1) is 42.1 Å². The molecular formula is C57H45N5S. The molecule has 0 radical (unpaired) electrons. The van der Waals surface area contributed by atoms with E-state index in [9.17, 15) is 0 Å². The third-order valence-corrected chi connectivity index (χ3v) is 12.5. The van der Waals surface area contributed by atoms with Crippen LogP contribution >= 0.6 is 11.8 Å². The number of aromatic nitrogens is 2. The first-order valence-electron chi connectivity index (χ1n) is 25.7. The smallest absolute Gasteiger partial charge is 0.137 e. The third-order valence-electron chi connectivity index (χ3n) is 11.6. The summed E-state index contributed by atoms with van der Waals surface area (Å²) in [4.78, 5) is 17.8. The molecule has 0 bridgehead atoms. The van der Waals surface area contributed by atoms with Crippen molar-refractivity contribution in [1.82, 2.24) is 9.97 Å². The molecule has 2 aliphatic rings. The van der Waals surface area contributed by atoms with Crippen LogP contribution < -0.4 is 14.7 Å². The molecule has 63 heavy (non-hydrogen) atoms. The van der Waals surface area contributed by atoms with Crippen molar-refractivity contribution >= 4 is 51.7 Å². The number of pyridine rings is 2. The largest absolute Gasteiger partial charge is 0.321 e. The van der Waals surface area contributed by atoms with Crippen LogP contribution in [0.15, 0.2) is 216 Å². The number of hydrogen-bond acceptors (Lipinski definition) is 6. The Balaban J connectivity index is 1.03. The second-order valence-corrected chi connectivity index (χ2v) is 17.5. The molecule has 0 amide bonds. The fraction of sp³-hybridized carbons (Fsp3) is 0.0877. The van der Waals surface area contributed by atoms with E-state index in [4.69, 9.17) is 18.7 Å². The van der Waals surface area contributed by atoms with Crippen LogP contribution in [0, 0.1) is 0 Å². The van der Waals surface area contributed by atoms with Gasteiger partial charge in [-0.1, -0.05) is 154 Å². The minimum absolute atomic E-state index is 0.0785.